The number of benzene rings is 1. The van der Waals surface area contributed by atoms with E-state index in [4.69, 9.17) is 0 Å². The fraction of sp³-hybridized carbons (Fsp3) is 0.214. The Balaban J connectivity index is 1.81. The molecule has 0 N–H and O–H groups in total. The van der Waals surface area contributed by atoms with E-state index in [1.807, 2.05) is 23.6 Å². The van der Waals surface area contributed by atoms with E-state index in [2.05, 4.69) is 18.2 Å². The lowest BCUT2D eigenvalue weighted by atomic mass is 9.98. The highest BCUT2D eigenvalue weighted by Crippen LogP contribution is 2.35. The highest BCUT2D eigenvalue weighted by molar-refractivity contribution is 8.00. The summed E-state index contributed by atoms with van der Waals surface area (Å²) < 4.78 is 0. The van der Waals surface area contributed by atoms with Crippen molar-refractivity contribution < 1.29 is 4.79 Å². The first kappa shape index (κ1) is 11.1. The molecule has 0 spiro atoms. The van der Waals surface area contributed by atoms with E-state index in [9.17, 15) is 4.79 Å². The normalized spacial score (nSPS) is 19.1. The molecule has 2 aromatic rings. The van der Waals surface area contributed by atoms with Crippen molar-refractivity contribution >= 4 is 28.9 Å². The minimum absolute atomic E-state index is 0.101. The molecule has 3 heteroatoms. The van der Waals surface area contributed by atoms with Crippen LogP contribution in [0.25, 0.3) is 0 Å². The number of rotatable bonds is 2. The molecule has 17 heavy (non-hydrogen) atoms. The van der Waals surface area contributed by atoms with Crippen LogP contribution in [0.3, 0.4) is 0 Å². The third kappa shape index (κ3) is 2.17. The first-order chi connectivity index (χ1) is 8.34. The number of Topliss-reactive ketones (excluding diaryl/α,β-unsaturated/α-hetero) is 1. The molecule has 3 rings (SSSR count). The second kappa shape index (κ2) is 4.67. The van der Waals surface area contributed by atoms with Gasteiger partial charge in [-0.15, -0.1) is 23.1 Å². The number of fused-ring (bicyclic) bond motifs is 1. The van der Waals surface area contributed by atoms with Gasteiger partial charge in [0.05, 0.1) is 10.1 Å². The summed E-state index contributed by atoms with van der Waals surface area (Å²) in [6.45, 7) is 0. The molecular formula is C14H12OS2. The van der Waals surface area contributed by atoms with Gasteiger partial charge in [0.25, 0.3) is 0 Å². The molecule has 1 unspecified atom stereocenters. The van der Waals surface area contributed by atoms with Crippen molar-refractivity contribution in [3.8, 4) is 0 Å². The zero-order valence-electron chi connectivity index (χ0n) is 9.26. The van der Waals surface area contributed by atoms with E-state index in [-0.39, 0.29) is 5.25 Å². The lowest BCUT2D eigenvalue weighted by Gasteiger charge is -2.20. The van der Waals surface area contributed by atoms with Gasteiger partial charge in [-0.25, -0.2) is 0 Å². The lowest BCUT2D eigenvalue weighted by Crippen LogP contribution is -2.23. The molecule has 0 saturated carbocycles. The minimum Gasteiger partial charge on any atom is -0.292 e. The Labute approximate surface area is 109 Å². The summed E-state index contributed by atoms with van der Waals surface area (Å²) in [5.41, 5.74) is 1.24. The number of ketones is 1. The molecule has 1 aromatic heterocycles. The molecule has 1 nitrogen and oxygen atoms in total. The van der Waals surface area contributed by atoms with Crippen LogP contribution < -0.4 is 0 Å². The van der Waals surface area contributed by atoms with Gasteiger partial charge in [-0.2, -0.15) is 0 Å². The lowest BCUT2D eigenvalue weighted by molar-refractivity contribution is 0.0984. The first-order valence-electron chi connectivity index (χ1n) is 5.67. The molecule has 0 bridgehead atoms. The summed E-state index contributed by atoms with van der Waals surface area (Å²) in [6.07, 6.45) is 2.00. The van der Waals surface area contributed by atoms with Gasteiger partial charge in [0, 0.05) is 4.90 Å². The molecular weight excluding hydrogens is 248 g/mol. The number of hydrogen-bond acceptors (Lipinski definition) is 3. The van der Waals surface area contributed by atoms with Crippen molar-refractivity contribution in [1.29, 1.82) is 0 Å². The number of thiophene rings is 1. The Morgan fingerprint density at radius 3 is 2.82 bits per heavy atom. The van der Waals surface area contributed by atoms with Crippen LogP contribution >= 0.6 is 23.1 Å². The zero-order valence-corrected chi connectivity index (χ0v) is 10.9. The van der Waals surface area contributed by atoms with Gasteiger partial charge in [-0.3, -0.25) is 4.79 Å². The zero-order chi connectivity index (χ0) is 11.7. The molecule has 1 aromatic carbocycles. The van der Waals surface area contributed by atoms with Gasteiger partial charge in [-0.1, -0.05) is 18.2 Å². The maximum absolute atomic E-state index is 12.3. The SMILES string of the molecule is O=C1c2sccc2CCC1Sc1ccccc1. The Kier molecular flexibility index (Phi) is 3.04. The van der Waals surface area contributed by atoms with Gasteiger partial charge in [0.15, 0.2) is 5.78 Å². The summed E-state index contributed by atoms with van der Waals surface area (Å²) in [5.74, 6) is 0.315. The van der Waals surface area contributed by atoms with E-state index < -0.39 is 0 Å². The smallest absolute Gasteiger partial charge is 0.186 e. The van der Waals surface area contributed by atoms with E-state index in [0.29, 0.717) is 5.78 Å². The van der Waals surface area contributed by atoms with E-state index in [0.717, 1.165) is 17.7 Å². The molecule has 1 atom stereocenters. The fourth-order valence-electron chi connectivity index (χ4n) is 2.09. The first-order valence-corrected chi connectivity index (χ1v) is 7.43. The fourth-order valence-corrected chi connectivity index (χ4v) is 4.21. The molecule has 86 valence electrons. The van der Waals surface area contributed by atoms with Crippen LogP contribution in [0, 0.1) is 0 Å². The average molecular weight is 260 g/mol. The van der Waals surface area contributed by atoms with Crippen molar-refractivity contribution in [2.75, 3.05) is 0 Å². The summed E-state index contributed by atoms with van der Waals surface area (Å²) >= 11 is 3.28. The van der Waals surface area contributed by atoms with Crippen molar-refractivity contribution in [1.82, 2.24) is 0 Å². The third-order valence-electron chi connectivity index (χ3n) is 2.96. The van der Waals surface area contributed by atoms with Crippen LogP contribution in [0.2, 0.25) is 0 Å². The van der Waals surface area contributed by atoms with Gasteiger partial charge in [0.1, 0.15) is 0 Å². The number of carbonyl (C=O) groups excluding carboxylic acids is 1. The standard InChI is InChI=1S/C14H12OS2/c15-13-12(17-11-4-2-1-3-5-11)7-6-10-8-9-16-14(10)13/h1-5,8-9,12H,6-7H2. The molecule has 0 aliphatic heterocycles. The molecule has 1 aliphatic rings. The van der Waals surface area contributed by atoms with Gasteiger partial charge >= 0.3 is 0 Å². The Morgan fingerprint density at radius 1 is 1.18 bits per heavy atom. The van der Waals surface area contributed by atoms with Crippen molar-refractivity contribution in [3.63, 3.8) is 0 Å². The predicted octanol–water partition coefficient (Wildman–Crippen LogP) is 4.04. The summed E-state index contributed by atoms with van der Waals surface area (Å²) in [7, 11) is 0. The van der Waals surface area contributed by atoms with Crippen LogP contribution in [0.1, 0.15) is 21.7 Å². The molecule has 1 heterocycles. The Bertz CT molecular complexity index is 530. The summed E-state index contributed by atoms with van der Waals surface area (Å²) in [6, 6.07) is 12.3. The van der Waals surface area contributed by atoms with Crippen molar-refractivity contribution in [3.05, 3.63) is 52.2 Å². The second-order valence-corrected chi connectivity index (χ2v) is 6.29. The number of thioether (sulfide) groups is 1. The summed E-state index contributed by atoms with van der Waals surface area (Å²) in [4.78, 5) is 14.4. The van der Waals surface area contributed by atoms with E-state index in [1.165, 1.54) is 10.5 Å². The van der Waals surface area contributed by atoms with Crippen LogP contribution in [0.4, 0.5) is 0 Å². The quantitative estimate of drug-likeness (QED) is 0.810. The van der Waals surface area contributed by atoms with Gasteiger partial charge < -0.3 is 0 Å². The van der Waals surface area contributed by atoms with Gasteiger partial charge in [0.2, 0.25) is 0 Å². The monoisotopic (exact) mass is 260 g/mol. The van der Waals surface area contributed by atoms with E-state index in [1.54, 1.807) is 23.1 Å². The number of carbonyl (C=O) groups is 1. The number of aryl methyl sites for hydroxylation is 1. The Morgan fingerprint density at radius 2 is 2.00 bits per heavy atom. The maximum atomic E-state index is 12.3. The van der Waals surface area contributed by atoms with E-state index >= 15 is 0 Å². The van der Waals surface area contributed by atoms with Crippen LogP contribution in [-0.2, 0) is 6.42 Å². The summed E-state index contributed by atoms with van der Waals surface area (Å²) in [5, 5.41) is 2.13. The predicted molar refractivity (Wildman–Crippen MR) is 73.1 cm³/mol. The minimum atomic E-state index is 0.101. The third-order valence-corrected chi connectivity index (χ3v) is 5.21. The highest BCUT2D eigenvalue weighted by Gasteiger charge is 2.28. The molecule has 0 fully saturated rings. The topological polar surface area (TPSA) is 17.1 Å². The van der Waals surface area contributed by atoms with Crippen LogP contribution in [0.5, 0.6) is 0 Å². The molecule has 0 saturated heterocycles. The van der Waals surface area contributed by atoms with Crippen LogP contribution in [0.15, 0.2) is 46.7 Å². The molecule has 0 amide bonds. The molecule has 0 radical (unpaired) electrons. The van der Waals surface area contributed by atoms with Crippen LogP contribution in [-0.4, -0.2) is 11.0 Å². The highest BCUT2D eigenvalue weighted by atomic mass is 32.2. The van der Waals surface area contributed by atoms with Crippen molar-refractivity contribution in [2.45, 2.75) is 23.0 Å². The second-order valence-electron chi connectivity index (χ2n) is 4.10. The van der Waals surface area contributed by atoms with Crippen molar-refractivity contribution in [2.24, 2.45) is 0 Å². The Hall–Kier alpha value is -1.06. The molecule has 1 aliphatic carbocycles. The van der Waals surface area contributed by atoms with Gasteiger partial charge in [-0.05, 0) is 42.0 Å². The average Bonchev–Trinajstić information content (AvgIpc) is 2.83. The number of hydrogen-bond donors (Lipinski definition) is 0. The largest absolute Gasteiger partial charge is 0.292 e. The maximum Gasteiger partial charge on any atom is 0.186 e.